The van der Waals surface area contributed by atoms with Gasteiger partial charge in [0.15, 0.2) is 0 Å². The van der Waals surface area contributed by atoms with E-state index in [1.54, 1.807) is 11.0 Å². The lowest BCUT2D eigenvalue weighted by Gasteiger charge is -2.25. The number of primary amides is 1. The van der Waals surface area contributed by atoms with Gasteiger partial charge in [0, 0.05) is 30.4 Å². The highest BCUT2D eigenvalue weighted by molar-refractivity contribution is 7.16. The summed E-state index contributed by atoms with van der Waals surface area (Å²) in [7, 11) is 1.89. The van der Waals surface area contributed by atoms with Crippen LogP contribution in [0.4, 0.5) is 0 Å². The van der Waals surface area contributed by atoms with Crippen LogP contribution in [-0.2, 0) is 7.05 Å². The molecule has 2 aromatic carbocycles. The van der Waals surface area contributed by atoms with E-state index in [1.165, 1.54) is 11.3 Å². The van der Waals surface area contributed by atoms with Crippen molar-refractivity contribution in [2.45, 2.75) is 32.0 Å². The van der Waals surface area contributed by atoms with Crippen molar-refractivity contribution in [1.29, 1.82) is 0 Å². The van der Waals surface area contributed by atoms with Crippen LogP contribution in [-0.4, -0.2) is 44.4 Å². The number of ether oxygens (including phenoxy) is 2. The van der Waals surface area contributed by atoms with Gasteiger partial charge in [0.05, 0.1) is 22.3 Å². The Labute approximate surface area is 240 Å². The number of fused-ring (bicyclic) bond motifs is 1. The molecule has 4 heterocycles. The Morgan fingerprint density at radius 3 is 2.75 bits per heavy atom. The number of aromatic nitrogens is 4. The normalized spacial score (nSPS) is 14.9. The molecule has 1 atom stereocenters. The number of nitrogens with one attached hydrogen (secondary N) is 1. The second kappa shape index (κ2) is 11.0. The maximum atomic E-state index is 12.4. The summed E-state index contributed by atoms with van der Waals surface area (Å²) in [6, 6.07) is 13.6. The van der Waals surface area contributed by atoms with Crippen LogP contribution in [0.2, 0.25) is 5.02 Å². The Balaban J connectivity index is 1.27. The molecule has 40 heavy (non-hydrogen) atoms. The molecule has 1 aliphatic rings. The average molecular weight is 577 g/mol. The zero-order chi connectivity index (χ0) is 27.8. The van der Waals surface area contributed by atoms with Crippen LogP contribution in [0, 0.1) is 0 Å². The molecule has 11 heteroatoms. The summed E-state index contributed by atoms with van der Waals surface area (Å²) in [6.45, 7) is 3.75. The number of nitrogens with two attached hydrogens (primary N) is 1. The van der Waals surface area contributed by atoms with Gasteiger partial charge in [0.2, 0.25) is 0 Å². The maximum Gasteiger partial charge on any atom is 0.262 e. The molecule has 5 aromatic rings. The third kappa shape index (κ3) is 5.17. The highest BCUT2D eigenvalue weighted by atomic mass is 35.5. The number of benzene rings is 2. The van der Waals surface area contributed by atoms with E-state index in [9.17, 15) is 4.79 Å². The van der Waals surface area contributed by atoms with Crippen LogP contribution in [0.25, 0.3) is 27.2 Å². The molecule has 206 valence electrons. The fourth-order valence-electron chi connectivity index (χ4n) is 4.96. The lowest BCUT2D eigenvalue weighted by molar-refractivity contribution is 0.0998. The Hall–Kier alpha value is -3.86. The molecule has 1 saturated heterocycles. The van der Waals surface area contributed by atoms with Crippen molar-refractivity contribution in [2.24, 2.45) is 12.8 Å². The zero-order valence-electron chi connectivity index (χ0n) is 22.1. The monoisotopic (exact) mass is 576 g/mol. The quantitative estimate of drug-likeness (QED) is 0.252. The van der Waals surface area contributed by atoms with Gasteiger partial charge in [-0.1, -0.05) is 29.8 Å². The molecule has 0 radical (unpaired) electrons. The minimum absolute atomic E-state index is 0.122. The molecule has 1 amide bonds. The first-order chi connectivity index (χ1) is 19.4. The number of carbonyl (C=O) groups excluding carboxylic acids is 1. The van der Waals surface area contributed by atoms with E-state index < -0.39 is 12.0 Å². The predicted octanol–water partition coefficient (Wildman–Crippen LogP) is 5.51. The van der Waals surface area contributed by atoms with Crippen molar-refractivity contribution < 1.29 is 14.3 Å². The largest absolute Gasteiger partial charge is 0.489 e. The van der Waals surface area contributed by atoms with Crippen LogP contribution >= 0.6 is 22.9 Å². The van der Waals surface area contributed by atoms with Crippen LogP contribution in [0.3, 0.4) is 0 Å². The van der Waals surface area contributed by atoms with Gasteiger partial charge in [-0.15, -0.1) is 11.3 Å². The smallest absolute Gasteiger partial charge is 0.262 e. The van der Waals surface area contributed by atoms with Crippen LogP contribution in [0.5, 0.6) is 11.5 Å². The van der Waals surface area contributed by atoms with Gasteiger partial charge in [0.25, 0.3) is 5.91 Å². The molecule has 3 aromatic heterocycles. The van der Waals surface area contributed by atoms with E-state index in [-0.39, 0.29) is 6.10 Å². The fraction of sp³-hybridized carbons (Fsp3) is 0.276. The number of piperidine rings is 1. The molecule has 0 saturated carbocycles. The first-order valence-corrected chi connectivity index (χ1v) is 14.3. The number of amides is 1. The van der Waals surface area contributed by atoms with Crippen molar-refractivity contribution in [3.05, 3.63) is 76.6 Å². The summed E-state index contributed by atoms with van der Waals surface area (Å²) in [4.78, 5) is 17.3. The van der Waals surface area contributed by atoms with Crippen molar-refractivity contribution in [2.75, 3.05) is 13.1 Å². The summed E-state index contributed by atoms with van der Waals surface area (Å²) in [5, 5.41) is 8.87. The number of carbonyl (C=O) groups is 1. The molecule has 0 aliphatic carbocycles. The predicted molar refractivity (Wildman–Crippen MR) is 157 cm³/mol. The molecular formula is C29H29ClN6O3S. The Bertz CT molecular complexity index is 1690. The molecule has 6 rings (SSSR count). The molecule has 0 bridgehead atoms. The topological polar surface area (TPSA) is 109 Å². The number of halogens is 1. The van der Waals surface area contributed by atoms with Gasteiger partial charge >= 0.3 is 0 Å². The number of rotatable bonds is 8. The molecule has 0 spiro atoms. The number of hydrogen-bond acceptors (Lipinski definition) is 7. The maximum absolute atomic E-state index is 12.4. The van der Waals surface area contributed by atoms with E-state index in [4.69, 9.17) is 26.8 Å². The second-order valence-electron chi connectivity index (χ2n) is 9.85. The number of nitrogens with zero attached hydrogens (tertiary/aromatic N) is 4. The van der Waals surface area contributed by atoms with Crippen LogP contribution in [0.1, 0.15) is 41.1 Å². The number of imidazole rings is 1. The SMILES string of the molecule is C[C@@H](Oc1cc(-n2cnc3cc(-c4cnn(C)c4)ccc32)sc1C(N)=O)c1cccc(OC2CCNCC2)c1Cl. The zero-order valence-corrected chi connectivity index (χ0v) is 23.7. The fourth-order valence-corrected chi connectivity index (χ4v) is 6.21. The summed E-state index contributed by atoms with van der Waals surface area (Å²) in [5.74, 6) is 0.476. The minimum Gasteiger partial charge on any atom is -0.489 e. The number of hydrogen-bond donors (Lipinski definition) is 2. The number of thiophene rings is 1. The van der Waals surface area contributed by atoms with Crippen molar-refractivity contribution >= 4 is 39.9 Å². The van der Waals surface area contributed by atoms with Gasteiger partial charge in [-0.3, -0.25) is 14.0 Å². The first-order valence-electron chi connectivity index (χ1n) is 13.1. The molecule has 3 N–H and O–H groups in total. The summed E-state index contributed by atoms with van der Waals surface area (Å²) in [5.41, 5.74) is 10.3. The van der Waals surface area contributed by atoms with Crippen molar-refractivity contribution in [3.8, 4) is 27.6 Å². The van der Waals surface area contributed by atoms with E-state index >= 15 is 0 Å². The van der Waals surface area contributed by atoms with Gasteiger partial charge in [-0.2, -0.15) is 5.10 Å². The molecule has 1 aliphatic heterocycles. The van der Waals surface area contributed by atoms with E-state index in [2.05, 4.69) is 15.4 Å². The van der Waals surface area contributed by atoms with Gasteiger partial charge in [-0.25, -0.2) is 4.98 Å². The Morgan fingerprint density at radius 1 is 1.18 bits per heavy atom. The van der Waals surface area contributed by atoms with Gasteiger partial charge in [-0.05, 0) is 56.6 Å². The summed E-state index contributed by atoms with van der Waals surface area (Å²) in [6.07, 6.45) is 7.05. The Morgan fingerprint density at radius 2 is 2.00 bits per heavy atom. The Kier molecular flexibility index (Phi) is 7.22. The lowest BCUT2D eigenvalue weighted by atomic mass is 10.1. The van der Waals surface area contributed by atoms with Gasteiger partial charge in [0.1, 0.15) is 39.9 Å². The van der Waals surface area contributed by atoms with Crippen LogP contribution in [0.15, 0.2) is 61.2 Å². The number of aryl methyl sites for hydroxylation is 1. The van der Waals surface area contributed by atoms with Crippen molar-refractivity contribution in [3.63, 3.8) is 0 Å². The van der Waals surface area contributed by atoms with E-state index in [0.717, 1.165) is 58.7 Å². The van der Waals surface area contributed by atoms with E-state index in [1.807, 2.05) is 73.4 Å². The highest BCUT2D eigenvalue weighted by Crippen LogP contribution is 2.39. The van der Waals surface area contributed by atoms with Crippen LogP contribution < -0.4 is 20.5 Å². The second-order valence-corrected chi connectivity index (χ2v) is 11.3. The average Bonchev–Trinajstić information content (AvgIpc) is 3.68. The third-order valence-corrected chi connectivity index (χ3v) is 8.58. The minimum atomic E-state index is -0.559. The standard InChI is InChI=1S/C29H29ClN6O3S/c1-17(21-4-3-5-24(27(21)30)39-20-8-10-32-11-9-20)38-25-13-26(40-28(25)29(31)37)36-16-33-22-12-18(6-7-23(22)36)19-14-34-35(2)15-19/h3-7,12-17,20,32H,8-11H2,1-2H3,(H2,31,37)/t17-/m1/s1. The molecular weight excluding hydrogens is 548 g/mol. The van der Waals surface area contributed by atoms with Gasteiger partial charge < -0.3 is 20.5 Å². The summed E-state index contributed by atoms with van der Waals surface area (Å²) < 4.78 is 16.2. The molecule has 9 nitrogen and oxygen atoms in total. The van der Waals surface area contributed by atoms with E-state index in [0.29, 0.717) is 21.4 Å². The first kappa shape index (κ1) is 26.4. The highest BCUT2D eigenvalue weighted by Gasteiger charge is 2.23. The summed E-state index contributed by atoms with van der Waals surface area (Å²) >= 11 is 8.03. The molecule has 0 unspecified atom stereocenters. The van der Waals surface area contributed by atoms with Crippen molar-refractivity contribution in [1.82, 2.24) is 24.6 Å². The third-order valence-electron chi connectivity index (χ3n) is 7.05. The lowest BCUT2D eigenvalue weighted by Crippen LogP contribution is -2.34. The molecule has 1 fully saturated rings.